The van der Waals surface area contributed by atoms with E-state index in [2.05, 4.69) is 22.9 Å². The molecule has 1 aromatic heterocycles. The zero-order valence-electron chi connectivity index (χ0n) is 14.1. The van der Waals surface area contributed by atoms with Crippen molar-refractivity contribution in [2.45, 2.75) is 32.4 Å². The van der Waals surface area contributed by atoms with Crippen LogP contribution in [0.3, 0.4) is 0 Å². The summed E-state index contributed by atoms with van der Waals surface area (Å²) in [6.07, 6.45) is 3.62. The smallest absolute Gasteiger partial charge is 0.239 e. The van der Waals surface area contributed by atoms with E-state index in [-0.39, 0.29) is 24.3 Å². The molecule has 2 amide bonds. The van der Waals surface area contributed by atoms with Crippen LogP contribution in [0.15, 0.2) is 30.5 Å². The number of aromatic nitrogens is 1. The van der Waals surface area contributed by atoms with Crippen LogP contribution in [0.2, 0.25) is 0 Å². The average molecular weight is 328 g/mol. The van der Waals surface area contributed by atoms with Gasteiger partial charge >= 0.3 is 0 Å². The molecule has 0 saturated carbocycles. The molecule has 0 aliphatic carbocycles. The molecule has 0 spiro atoms. The Hall–Kier alpha value is -2.34. The summed E-state index contributed by atoms with van der Waals surface area (Å²) in [5.74, 6) is 0.0762. The fraction of sp³-hybridized carbons (Fsp3) is 0.444. The normalized spacial score (nSPS) is 20.8. The van der Waals surface area contributed by atoms with Crippen molar-refractivity contribution in [3.63, 3.8) is 0 Å². The van der Waals surface area contributed by atoms with Gasteiger partial charge in [-0.05, 0) is 49.9 Å². The monoisotopic (exact) mass is 328 g/mol. The molecule has 6 nitrogen and oxygen atoms in total. The Balaban J connectivity index is 1.76. The number of nitrogens with one attached hydrogen (secondary N) is 3. The number of nitrogens with zero attached hydrogens (tertiary/aromatic N) is 1. The Kier molecular flexibility index (Phi) is 4.85. The maximum absolute atomic E-state index is 12.5. The van der Waals surface area contributed by atoms with E-state index in [1.807, 2.05) is 35.0 Å². The number of likely N-dealkylation sites (N-methyl/N-ethyl adjacent to an activating group) is 1. The molecule has 128 valence electrons. The summed E-state index contributed by atoms with van der Waals surface area (Å²) in [7, 11) is 1.62. The summed E-state index contributed by atoms with van der Waals surface area (Å²) in [6.45, 7) is 3.26. The Bertz CT molecular complexity index is 753. The van der Waals surface area contributed by atoms with Gasteiger partial charge < -0.3 is 20.5 Å². The van der Waals surface area contributed by atoms with Gasteiger partial charge in [0.1, 0.15) is 6.54 Å². The van der Waals surface area contributed by atoms with Crippen LogP contribution in [0, 0.1) is 5.92 Å². The Morgan fingerprint density at radius 3 is 2.92 bits per heavy atom. The summed E-state index contributed by atoms with van der Waals surface area (Å²) in [6, 6.07) is 8.16. The van der Waals surface area contributed by atoms with Gasteiger partial charge in [0.2, 0.25) is 11.8 Å². The van der Waals surface area contributed by atoms with Gasteiger partial charge in [0.15, 0.2) is 0 Å². The summed E-state index contributed by atoms with van der Waals surface area (Å²) >= 11 is 0. The van der Waals surface area contributed by atoms with Gasteiger partial charge in [0.25, 0.3) is 0 Å². The van der Waals surface area contributed by atoms with Crippen LogP contribution in [0.25, 0.3) is 10.9 Å². The molecule has 0 bridgehead atoms. The minimum absolute atomic E-state index is 0.0503. The molecule has 0 radical (unpaired) electrons. The van der Waals surface area contributed by atoms with E-state index in [4.69, 9.17) is 0 Å². The van der Waals surface area contributed by atoms with Gasteiger partial charge in [-0.3, -0.25) is 9.59 Å². The lowest BCUT2D eigenvalue weighted by Crippen LogP contribution is -2.40. The fourth-order valence-corrected chi connectivity index (χ4v) is 3.25. The Morgan fingerprint density at radius 1 is 1.33 bits per heavy atom. The molecule has 1 aliphatic rings. The molecule has 24 heavy (non-hydrogen) atoms. The van der Waals surface area contributed by atoms with Gasteiger partial charge in [0.05, 0.1) is 5.52 Å². The highest BCUT2D eigenvalue weighted by atomic mass is 16.2. The van der Waals surface area contributed by atoms with Gasteiger partial charge in [-0.2, -0.15) is 0 Å². The van der Waals surface area contributed by atoms with E-state index in [1.165, 1.54) is 0 Å². The maximum Gasteiger partial charge on any atom is 0.239 e. The van der Waals surface area contributed by atoms with Crippen molar-refractivity contribution < 1.29 is 9.59 Å². The predicted octanol–water partition coefficient (Wildman–Crippen LogP) is 1.71. The van der Waals surface area contributed by atoms with Crippen molar-refractivity contribution in [2.24, 2.45) is 5.92 Å². The van der Waals surface area contributed by atoms with Crippen molar-refractivity contribution >= 4 is 28.4 Å². The average Bonchev–Trinajstić information content (AvgIpc) is 2.97. The lowest BCUT2D eigenvalue weighted by molar-refractivity contribution is -0.121. The largest absolute Gasteiger partial charge is 0.358 e. The van der Waals surface area contributed by atoms with Crippen molar-refractivity contribution in [3.8, 4) is 0 Å². The molecule has 1 aliphatic heterocycles. The first kappa shape index (κ1) is 16.5. The molecule has 3 rings (SSSR count). The second kappa shape index (κ2) is 7.05. The minimum Gasteiger partial charge on any atom is -0.358 e. The van der Waals surface area contributed by atoms with Crippen LogP contribution < -0.4 is 16.0 Å². The third-order valence-corrected chi connectivity index (χ3v) is 4.63. The number of hydrogen-bond donors (Lipinski definition) is 3. The summed E-state index contributed by atoms with van der Waals surface area (Å²) in [5.41, 5.74) is 1.71. The maximum atomic E-state index is 12.5. The van der Waals surface area contributed by atoms with E-state index in [0.717, 1.165) is 36.0 Å². The third kappa shape index (κ3) is 3.59. The number of rotatable bonds is 4. The van der Waals surface area contributed by atoms with Crippen LogP contribution in [0.1, 0.15) is 19.8 Å². The molecule has 2 heterocycles. The number of piperidine rings is 1. The lowest BCUT2D eigenvalue weighted by Gasteiger charge is -2.27. The first-order valence-corrected chi connectivity index (χ1v) is 8.40. The molecule has 1 aromatic carbocycles. The summed E-state index contributed by atoms with van der Waals surface area (Å²) in [4.78, 5) is 24.1. The Morgan fingerprint density at radius 2 is 2.17 bits per heavy atom. The Labute approximate surface area is 141 Å². The van der Waals surface area contributed by atoms with Crippen LogP contribution in [0.5, 0.6) is 0 Å². The van der Waals surface area contributed by atoms with E-state index in [0.29, 0.717) is 6.04 Å². The molecular weight excluding hydrogens is 304 g/mol. The van der Waals surface area contributed by atoms with Crippen molar-refractivity contribution in [2.75, 3.05) is 18.9 Å². The quantitative estimate of drug-likeness (QED) is 0.800. The van der Waals surface area contributed by atoms with E-state index >= 15 is 0 Å². The van der Waals surface area contributed by atoms with Gasteiger partial charge in [-0.25, -0.2) is 0 Å². The van der Waals surface area contributed by atoms with Crippen molar-refractivity contribution in [3.05, 3.63) is 30.5 Å². The number of benzene rings is 1. The summed E-state index contributed by atoms with van der Waals surface area (Å²) < 4.78 is 1.89. The van der Waals surface area contributed by atoms with Crippen molar-refractivity contribution in [1.29, 1.82) is 0 Å². The lowest BCUT2D eigenvalue weighted by atomic mass is 9.92. The molecule has 1 saturated heterocycles. The molecule has 2 aromatic rings. The van der Waals surface area contributed by atoms with Crippen LogP contribution in [-0.4, -0.2) is 36.0 Å². The molecule has 0 unspecified atom stereocenters. The number of carbonyl (C=O) groups is 2. The first-order chi connectivity index (χ1) is 11.6. The highest BCUT2D eigenvalue weighted by Crippen LogP contribution is 2.23. The second-order valence-electron chi connectivity index (χ2n) is 6.46. The number of carbonyl (C=O) groups excluding carboxylic acids is 2. The number of hydrogen-bond acceptors (Lipinski definition) is 3. The van der Waals surface area contributed by atoms with E-state index in [1.54, 1.807) is 7.05 Å². The SMILES string of the molecule is CNC(=O)Cn1ccc2ccc(NC(=O)[C@H]3CCN[C@@H](C)C3)cc21. The van der Waals surface area contributed by atoms with Gasteiger partial charge in [-0.1, -0.05) is 6.07 Å². The van der Waals surface area contributed by atoms with E-state index < -0.39 is 0 Å². The van der Waals surface area contributed by atoms with Gasteiger partial charge in [-0.15, -0.1) is 0 Å². The van der Waals surface area contributed by atoms with Gasteiger partial charge in [0, 0.05) is 30.9 Å². The molecule has 3 N–H and O–H groups in total. The number of amides is 2. The predicted molar refractivity (Wildman–Crippen MR) is 94.8 cm³/mol. The van der Waals surface area contributed by atoms with Crippen LogP contribution >= 0.6 is 0 Å². The molecule has 1 fully saturated rings. The van der Waals surface area contributed by atoms with Crippen LogP contribution in [-0.2, 0) is 16.1 Å². The second-order valence-corrected chi connectivity index (χ2v) is 6.46. The highest BCUT2D eigenvalue weighted by molar-refractivity contribution is 5.95. The molecule has 2 atom stereocenters. The zero-order chi connectivity index (χ0) is 17.1. The fourth-order valence-electron chi connectivity index (χ4n) is 3.25. The topological polar surface area (TPSA) is 75.2 Å². The third-order valence-electron chi connectivity index (χ3n) is 4.63. The summed E-state index contributed by atoms with van der Waals surface area (Å²) in [5, 5.41) is 10.1. The van der Waals surface area contributed by atoms with Crippen LogP contribution in [0.4, 0.5) is 5.69 Å². The molecular formula is C18H24N4O2. The zero-order valence-corrected chi connectivity index (χ0v) is 14.1. The standard InChI is InChI=1S/C18H24N4O2/c1-12-9-14(5-7-20-12)18(24)21-15-4-3-13-6-8-22(16(13)10-15)11-17(23)19-2/h3-4,6,8,10,12,14,20H,5,7,9,11H2,1-2H3,(H,19,23)(H,21,24)/t12-,14-/m0/s1. The first-order valence-electron chi connectivity index (χ1n) is 8.40. The minimum atomic E-state index is -0.0503. The molecule has 6 heteroatoms. The highest BCUT2D eigenvalue weighted by Gasteiger charge is 2.24. The number of fused-ring (bicyclic) bond motifs is 1. The number of anilines is 1. The van der Waals surface area contributed by atoms with E-state index in [9.17, 15) is 9.59 Å². The van der Waals surface area contributed by atoms with Crippen molar-refractivity contribution in [1.82, 2.24) is 15.2 Å².